The van der Waals surface area contributed by atoms with Crippen LogP contribution in [0.15, 0.2) is 0 Å². The van der Waals surface area contributed by atoms with Gasteiger partial charge < -0.3 is 15.3 Å². The second-order valence-corrected chi connectivity index (χ2v) is 4.90. The quantitative estimate of drug-likeness (QED) is 0.524. The highest BCUT2D eigenvalue weighted by Crippen LogP contribution is 1.88. The van der Waals surface area contributed by atoms with Crippen molar-refractivity contribution in [2.45, 2.75) is 6.42 Å². The molecule has 0 spiro atoms. The fourth-order valence-corrected chi connectivity index (χ4v) is 1.19. The molecule has 0 rings (SSSR count). The van der Waals surface area contributed by atoms with E-state index >= 15 is 0 Å². The third-order valence-electron chi connectivity index (χ3n) is 1.67. The number of carboxylic acids is 1. The Hall–Kier alpha value is -1.35. The first-order valence-electron chi connectivity index (χ1n) is 4.43. The van der Waals surface area contributed by atoms with Crippen molar-refractivity contribution in [3.63, 3.8) is 0 Å². The first-order valence-corrected chi connectivity index (χ1v) is 6.15. The van der Waals surface area contributed by atoms with Gasteiger partial charge in [-0.3, -0.25) is 4.79 Å². The Morgan fingerprint density at radius 2 is 2.00 bits per heavy atom. The number of carboxylic acid groups (broad SMARTS) is 1. The van der Waals surface area contributed by atoms with Gasteiger partial charge in [0.2, 0.25) is 10.0 Å². The number of hydrogen-bond acceptors (Lipinski definition) is 4. The smallest absolute Gasteiger partial charge is 0.317 e. The van der Waals surface area contributed by atoms with Crippen LogP contribution < -0.4 is 10.5 Å². The summed E-state index contributed by atoms with van der Waals surface area (Å²) in [6.07, 6.45) is -0.168. The van der Waals surface area contributed by atoms with E-state index in [1.165, 1.54) is 7.05 Å². The fraction of sp³-hybridized carbons (Fsp3) is 0.714. The van der Waals surface area contributed by atoms with E-state index in [0.29, 0.717) is 0 Å². The van der Waals surface area contributed by atoms with Crippen LogP contribution in [0, 0.1) is 0 Å². The van der Waals surface area contributed by atoms with Gasteiger partial charge in [0.25, 0.3) is 0 Å². The molecule has 0 heterocycles. The SMILES string of the molecule is CN(CCC(=O)O)C(=O)NCCS(N)(=O)=O. The molecule has 0 aliphatic rings. The molecule has 8 nitrogen and oxygen atoms in total. The van der Waals surface area contributed by atoms with Gasteiger partial charge in [-0.05, 0) is 0 Å². The van der Waals surface area contributed by atoms with Crippen LogP contribution in [-0.2, 0) is 14.8 Å². The summed E-state index contributed by atoms with van der Waals surface area (Å²) < 4.78 is 21.1. The maximum absolute atomic E-state index is 11.2. The maximum Gasteiger partial charge on any atom is 0.317 e. The van der Waals surface area contributed by atoms with E-state index < -0.39 is 22.0 Å². The highest BCUT2D eigenvalue weighted by molar-refractivity contribution is 7.89. The lowest BCUT2D eigenvalue weighted by Crippen LogP contribution is -2.40. The second kappa shape index (κ2) is 6.28. The number of hydrogen-bond donors (Lipinski definition) is 3. The van der Waals surface area contributed by atoms with Crippen LogP contribution in [0.2, 0.25) is 0 Å². The van der Waals surface area contributed by atoms with Crippen molar-refractivity contribution in [3.8, 4) is 0 Å². The molecule has 0 saturated carbocycles. The maximum atomic E-state index is 11.2. The number of urea groups is 1. The molecule has 2 amide bonds. The zero-order chi connectivity index (χ0) is 12.8. The van der Waals surface area contributed by atoms with Crippen LogP contribution in [0.3, 0.4) is 0 Å². The largest absolute Gasteiger partial charge is 0.481 e. The van der Waals surface area contributed by atoms with Crippen molar-refractivity contribution in [3.05, 3.63) is 0 Å². The van der Waals surface area contributed by atoms with Crippen LogP contribution in [0.25, 0.3) is 0 Å². The predicted molar refractivity (Wildman–Crippen MR) is 56.3 cm³/mol. The molecule has 16 heavy (non-hydrogen) atoms. The van der Waals surface area contributed by atoms with Crippen LogP contribution in [0.5, 0.6) is 0 Å². The van der Waals surface area contributed by atoms with Gasteiger partial charge in [0, 0.05) is 20.1 Å². The Balaban J connectivity index is 3.84. The van der Waals surface area contributed by atoms with Gasteiger partial charge in [0.15, 0.2) is 0 Å². The van der Waals surface area contributed by atoms with Crippen molar-refractivity contribution in [1.29, 1.82) is 0 Å². The molecule has 0 unspecified atom stereocenters. The zero-order valence-corrected chi connectivity index (χ0v) is 9.66. The van der Waals surface area contributed by atoms with Crippen molar-refractivity contribution in [1.82, 2.24) is 10.2 Å². The summed E-state index contributed by atoms with van der Waals surface area (Å²) in [6, 6.07) is -0.537. The van der Waals surface area contributed by atoms with E-state index in [4.69, 9.17) is 10.2 Å². The van der Waals surface area contributed by atoms with Crippen LogP contribution >= 0.6 is 0 Å². The molecule has 0 bridgehead atoms. The number of primary sulfonamides is 1. The highest BCUT2D eigenvalue weighted by Gasteiger charge is 2.10. The van der Waals surface area contributed by atoms with E-state index in [1.54, 1.807) is 0 Å². The summed E-state index contributed by atoms with van der Waals surface area (Å²) in [5, 5.41) is 15.4. The van der Waals surface area contributed by atoms with Gasteiger partial charge in [-0.25, -0.2) is 18.4 Å². The average Bonchev–Trinajstić information content (AvgIpc) is 2.11. The van der Waals surface area contributed by atoms with Gasteiger partial charge in [0.05, 0.1) is 12.2 Å². The normalized spacial score (nSPS) is 10.9. The topological polar surface area (TPSA) is 130 Å². The summed E-state index contributed by atoms with van der Waals surface area (Å²) in [4.78, 5) is 22.6. The standard InChI is InChI=1S/C7H15N3O5S/c1-10(4-2-6(11)12)7(13)9-3-5-16(8,14)15/h2-5H2,1H3,(H,9,13)(H,11,12)(H2,8,14,15). The number of nitrogens with zero attached hydrogens (tertiary/aromatic N) is 1. The summed E-state index contributed by atoms with van der Waals surface area (Å²) >= 11 is 0. The predicted octanol–water partition coefficient (Wildman–Crippen LogP) is -1.61. The molecule has 0 radical (unpaired) electrons. The van der Waals surface area contributed by atoms with Gasteiger partial charge >= 0.3 is 12.0 Å². The highest BCUT2D eigenvalue weighted by atomic mass is 32.2. The van der Waals surface area contributed by atoms with Crippen molar-refractivity contribution in [2.75, 3.05) is 25.9 Å². The molecular weight excluding hydrogens is 238 g/mol. The average molecular weight is 253 g/mol. The number of carbonyl (C=O) groups is 2. The van der Waals surface area contributed by atoms with E-state index in [9.17, 15) is 18.0 Å². The number of aliphatic carboxylic acids is 1. The zero-order valence-electron chi connectivity index (χ0n) is 8.84. The third kappa shape index (κ3) is 8.00. The van der Waals surface area contributed by atoms with E-state index in [2.05, 4.69) is 5.32 Å². The number of nitrogens with one attached hydrogen (secondary N) is 1. The third-order valence-corrected chi connectivity index (χ3v) is 2.44. The Morgan fingerprint density at radius 1 is 1.44 bits per heavy atom. The van der Waals surface area contributed by atoms with Gasteiger partial charge in [-0.15, -0.1) is 0 Å². The molecule has 0 saturated heterocycles. The molecular formula is C7H15N3O5S. The first kappa shape index (κ1) is 14.6. The number of rotatable bonds is 6. The molecule has 9 heteroatoms. The lowest BCUT2D eigenvalue weighted by Gasteiger charge is -2.16. The lowest BCUT2D eigenvalue weighted by atomic mass is 10.4. The molecule has 0 fully saturated rings. The van der Waals surface area contributed by atoms with Crippen molar-refractivity contribution < 1.29 is 23.1 Å². The molecule has 0 atom stereocenters. The second-order valence-electron chi connectivity index (χ2n) is 3.16. The summed E-state index contributed by atoms with van der Waals surface area (Å²) in [7, 11) is -2.19. The lowest BCUT2D eigenvalue weighted by molar-refractivity contribution is -0.137. The van der Waals surface area contributed by atoms with Crippen molar-refractivity contribution in [2.24, 2.45) is 5.14 Å². The number of sulfonamides is 1. The minimum absolute atomic E-state index is 0.0521. The number of amides is 2. The van der Waals surface area contributed by atoms with Crippen LogP contribution in [-0.4, -0.2) is 56.3 Å². The summed E-state index contributed by atoms with van der Waals surface area (Å²) in [5.41, 5.74) is 0. The Kier molecular flexibility index (Phi) is 5.75. The summed E-state index contributed by atoms with van der Waals surface area (Å²) in [6.45, 7) is -0.0500. The Bertz CT molecular complexity index is 353. The van der Waals surface area contributed by atoms with Crippen molar-refractivity contribution >= 4 is 22.0 Å². The molecule has 0 aliphatic heterocycles. The van der Waals surface area contributed by atoms with Crippen LogP contribution in [0.1, 0.15) is 6.42 Å². The molecule has 0 aromatic carbocycles. The first-order chi connectivity index (χ1) is 7.22. The van der Waals surface area contributed by atoms with Gasteiger partial charge in [0.1, 0.15) is 0 Å². The minimum atomic E-state index is -3.60. The van der Waals surface area contributed by atoms with Gasteiger partial charge in [-0.2, -0.15) is 0 Å². The molecule has 0 aromatic heterocycles. The molecule has 0 aliphatic carbocycles. The van der Waals surface area contributed by atoms with Gasteiger partial charge in [-0.1, -0.05) is 0 Å². The minimum Gasteiger partial charge on any atom is -0.481 e. The number of nitrogens with two attached hydrogens (primary N) is 1. The fourth-order valence-electron chi connectivity index (χ4n) is 0.800. The number of carbonyl (C=O) groups excluding carboxylic acids is 1. The monoisotopic (exact) mass is 253 g/mol. The summed E-state index contributed by atoms with van der Waals surface area (Å²) in [5.74, 6) is -1.37. The molecule has 4 N–H and O–H groups in total. The van der Waals surface area contributed by atoms with Crippen LogP contribution in [0.4, 0.5) is 4.79 Å². The van der Waals surface area contributed by atoms with E-state index in [1.807, 2.05) is 0 Å². The molecule has 0 aromatic rings. The Labute approximate surface area is 93.5 Å². The Morgan fingerprint density at radius 3 is 2.44 bits per heavy atom. The van der Waals surface area contributed by atoms with E-state index in [-0.39, 0.29) is 25.3 Å². The molecule has 94 valence electrons. The van der Waals surface area contributed by atoms with E-state index in [0.717, 1.165) is 4.90 Å².